The highest BCUT2D eigenvalue weighted by Gasteiger charge is 2.35. The van der Waals surface area contributed by atoms with Gasteiger partial charge in [-0.05, 0) is 49.1 Å². The van der Waals surface area contributed by atoms with Crippen LogP contribution in [-0.2, 0) is 21.4 Å². The lowest BCUT2D eigenvalue weighted by molar-refractivity contribution is -0.126. The van der Waals surface area contributed by atoms with Crippen LogP contribution in [0.5, 0.6) is 11.5 Å². The summed E-state index contributed by atoms with van der Waals surface area (Å²) in [7, 11) is -3.80. The molecule has 0 radical (unpaired) electrons. The number of sulfonamides is 1. The Morgan fingerprint density at radius 3 is 2.88 bits per heavy atom. The van der Waals surface area contributed by atoms with Crippen molar-refractivity contribution in [1.82, 2.24) is 20.5 Å². The summed E-state index contributed by atoms with van der Waals surface area (Å²) in [6, 6.07) is 8.66. The van der Waals surface area contributed by atoms with Crippen LogP contribution in [0.4, 0.5) is 0 Å². The van der Waals surface area contributed by atoms with Crippen LogP contribution in [0.2, 0.25) is 0 Å². The number of carbonyl (C=O) groups is 1. The third-order valence-electron chi connectivity index (χ3n) is 6.03. The molecule has 32 heavy (non-hydrogen) atoms. The van der Waals surface area contributed by atoms with E-state index in [-0.39, 0.29) is 30.4 Å². The van der Waals surface area contributed by atoms with Gasteiger partial charge >= 0.3 is 0 Å². The maximum atomic E-state index is 13.1. The number of nitrogens with zero attached hydrogens (tertiary/aromatic N) is 1. The first-order valence-electron chi connectivity index (χ1n) is 10.8. The maximum absolute atomic E-state index is 13.1. The van der Waals surface area contributed by atoms with Crippen LogP contribution in [0.1, 0.15) is 36.6 Å². The van der Waals surface area contributed by atoms with Crippen molar-refractivity contribution in [3.8, 4) is 11.5 Å². The van der Waals surface area contributed by atoms with Crippen LogP contribution in [0.15, 0.2) is 39.8 Å². The van der Waals surface area contributed by atoms with Gasteiger partial charge < -0.3 is 19.2 Å². The van der Waals surface area contributed by atoms with Crippen LogP contribution in [-0.4, -0.2) is 45.1 Å². The van der Waals surface area contributed by atoms with Crippen molar-refractivity contribution in [1.29, 1.82) is 0 Å². The van der Waals surface area contributed by atoms with Crippen molar-refractivity contribution in [2.75, 3.05) is 26.4 Å². The van der Waals surface area contributed by atoms with Gasteiger partial charge in [-0.25, -0.2) is 13.8 Å². The maximum Gasteiger partial charge on any atom is 0.276 e. The highest BCUT2D eigenvalue weighted by molar-refractivity contribution is 7.89. The quantitative estimate of drug-likeness (QED) is 0.587. The Hall–Kier alpha value is -2.60. The number of benzene rings is 1. The minimum atomic E-state index is -3.80. The molecule has 2 unspecified atom stereocenters. The number of rotatable bonds is 6. The molecule has 3 aliphatic rings. The van der Waals surface area contributed by atoms with Crippen LogP contribution in [0.25, 0.3) is 0 Å². The molecular formula is C21H26N4O6S. The number of amides is 1. The summed E-state index contributed by atoms with van der Waals surface area (Å²) >= 11 is 0. The van der Waals surface area contributed by atoms with Gasteiger partial charge in [-0.1, -0.05) is 6.07 Å². The van der Waals surface area contributed by atoms with Gasteiger partial charge in [0.2, 0.25) is 17.8 Å². The molecule has 2 aromatic rings. The lowest BCUT2D eigenvalue weighted by Gasteiger charge is -2.30. The van der Waals surface area contributed by atoms with Gasteiger partial charge in [-0.3, -0.25) is 10.2 Å². The predicted octanol–water partition coefficient (Wildman–Crippen LogP) is 1.26. The SMILES string of the molecule is O=C(NCc1ccc2c(c1)OCO2)C1CCCN(S(=O)(=O)c2ccc(C3CCNN3)o2)C1. The van der Waals surface area contributed by atoms with Crippen LogP contribution < -0.4 is 25.6 Å². The first-order valence-corrected chi connectivity index (χ1v) is 12.2. The summed E-state index contributed by atoms with van der Waals surface area (Å²) in [5, 5.41) is 2.84. The molecular weight excluding hydrogens is 436 g/mol. The number of furan rings is 1. The monoisotopic (exact) mass is 462 g/mol. The number of carbonyl (C=O) groups excluding carboxylic acids is 1. The standard InChI is InChI=1S/C21H26N4O6S/c26-21(22-11-14-3-4-18-19(10-14)30-13-29-18)15-2-1-9-25(12-15)32(27,28)20-6-5-17(31-20)16-7-8-23-24-16/h3-6,10,15-16,23-24H,1-2,7-9,11-13H2,(H,22,26). The largest absolute Gasteiger partial charge is 0.454 e. The van der Waals surface area contributed by atoms with E-state index in [0.717, 1.165) is 18.5 Å². The van der Waals surface area contributed by atoms with Gasteiger partial charge in [0.05, 0.1) is 12.0 Å². The summed E-state index contributed by atoms with van der Waals surface area (Å²) in [5.74, 6) is 1.36. The molecule has 0 bridgehead atoms. The van der Waals surface area contributed by atoms with E-state index in [9.17, 15) is 13.2 Å². The zero-order chi connectivity index (χ0) is 22.1. The van der Waals surface area contributed by atoms with E-state index in [2.05, 4.69) is 16.2 Å². The number of ether oxygens (including phenoxy) is 2. The smallest absolute Gasteiger partial charge is 0.276 e. The zero-order valence-corrected chi connectivity index (χ0v) is 18.3. The van der Waals surface area contributed by atoms with Gasteiger partial charge in [-0.2, -0.15) is 4.31 Å². The summed E-state index contributed by atoms with van der Waals surface area (Å²) in [4.78, 5) is 12.8. The molecule has 3 N–H and O–H groups in total. The number of piperidine rings is 1. The summed E-state index contributed by atoms with van der Waals surface area (Å²) in [5.41, 5.74) is 6.96. The van der Waals surface area contributed by atoms with E-state index in [0.29, 0.717) is 43.2 Å². The molecule has 1 aromatic heterocycles. The van der Waals surface area contributed by atoms with E-state index in [1.165, 1.54) is 10.4 Å². The average molecular weight is 463 g/mol. The second-order valence-electron chi connectivity index (χ2n) is 8.18. The van der Waals surface area contributed by atoms with Gasteiger partial charge in [0, 0.05) is 26.2 Å². The molecule has 0 saturated carbocycles. The van der Waals surface area contributed by atoms with Crippen molar-refractivity contribution < 1.29 is 27.1 Å². The van der Waals surface area contributed by atoms with Gasteiger partial charge in [0.25, 0.3) is 10.0 Å². The molecule has 5 rings (SSSR count). The van der Waals surface area contributed by atoms with E-state index < -0.39 is 15.9 Å². The van der Waals surface area contributed by atoms with E-state index in [1.54, 1.807) is 6.07 Å². The fourth-order valence-electron chi connectivity index (χ4n) is 4.24. The van der Waals surface area contributed by atoms with Crippen molar-refractivity contribution in [2.45, 2.75) is 36.9 Å². The Morgan fingerprint density at radius 1 is 1.16 bits per heavy atom. The first kappa shape index (κ1) is 21.3. The fourth-order valence-corrected chi connectivity index (χ4v) is 5.69. The van der Waals surface area contributed by atoms with Crippen molar-refractivity contribution in [3.05, 3.63) is 41.7 Å². The van der Waals surface area contributed by atoms with E-state index >= 15 is 0 Å². The molecule has 1 amide bonds. The number of hydrazine groups is 1. The minimum absolute atomic E-state index is 0.0463. The molecule has 0 spiro atoms. The minimum Gasteiger partial charge on any atom is -0.454 e. The molecule has 4 heterocycles. The number of fused-ring (bicyclic) bond motifs is 1. The summed E-state index contributed by atoms with van der Waals surface area (Å²) in [6.45, 7) is 1.83. The molecule has 2 saturated heterocycles. The van der Waals surface area contributed by atoms with Crippen LogP contribution in [0.3, 0.4) is 0 Å². The Bertz CT molecular complexity index is 1100. The van der Waals surface area contributed by atoms with E-state index in [1.807, 2.05) is 18.2 Å². The Kier molecular flexibility index (Phi) is 5.80. The number of hydrogen-bond acceptors (Lipinski definition) is 8. The highest BCUT2D eigenvalue weighted by atomic mass is 32.2. The molecule has 2 atom stereocenters. The Labute approximate surface area is 186 Å². The van der Waals surface area contributed by atoms with Gasteiger partial charge in [0.15, 0.2) is 11.5 Å². The molecule has 10 nitrogen and oxygen atoms in total. The normalized spacial score (nSPS) is 23.4. The average Bonchev–Trinajstić information content (AvgIpc) is 3.58. The van der Waals surface area contributed by atoms with Crippen LogP contribution in [0, 0.1) is 5.92 Å². The number of hydrogen-bond donors (Lipinski definition) is 3. The topological polar surface area (TPSA) is 122 Å². The van der Waals surface area contributed by atoms with Crippen molar-refractivity contribution in [2.24, 2.45) is 5.92 Å². The Morgan fingerprint density at radius 2 is 2.03 bits per heavy atom. The van der Waals surface area contributed by atoms with Gasteiger partial charge in [0.1, 0.15) is 5.76 Å². The molecule has 11 heteroatoms. The third-order valence-corrected chi connectivity index (χ3v) is 7.77. The second kappa shape index (κ2) is 8.74. The first-order chi connectivity index (χ1) is 15.5. The van der Waals surface area contributed by atoms with Crippen molar-refractivity contribution in [3.63, 3.8) is 0 Å². The zero-order valence-electron chi connectivity index (χ0n) is 17.5. The summed E-state index contributed by atoms with van der Waals surface area (Å²) in [6.07, 6.45) is 2.07. The highest BCUT2D eigenvalue weighted by Crippen LogP contribution is 2.32. The van der Waals surface area contributed by atoms with Crippen LogP contribution >= 0.6 is 0 Å². The molecule has 0 aliphatic carbocycles. The lowest BCUT2D eigenvalue weighted by atomic mass is 9.98. The summed E-state index contributed by atoms with van der Waals surface area (Å²) < 4.78 is 43.9. The second-order valence-corrected chi connectivity index (χ2v) is 10.0. The number of nitrogens with one attached hydrogen (secondary N) is 3. The molecule has 1 aromatic carbocycles. The Balaban J connectivity index is 1.21. The molecule has 3 aliphatic heterocycles. The predicted molar refractivity (Wildman–Crippen MR) is 113 cm³/mol. The van der Waals surface area contributed by atoms with Crippen molar-refractivity contribution >= 4 is 15.9 Å². The van der Waals surface area contributed by atoms with Gasteiger partial charge in [-0.15, -0.1) is 0 Å². The lowest BCUT2D eigenvalue weighted by Crippen LogP contribution is -2.45. The molecule has 172 valence electrons. The third kappa shape index (κ3) is 4.20. The molecule has 2 fully saturated rings. The fraction of sp³-hybridized carbons (Fsp3) is 0.476. The van der Waals surface area contributed by atoms with E-state index in [4.69, 9.17) is 13.9 Å².